The molecular weight excluding hydrogens is 439 g/mol. The largest absolute Gasteiger partial charge is 0.489 e. The van der Waals surface area contributed by atoms with Gasteiger partial charge in [0, 0.05) is 16.8 Å². The van der Waals surface area contributed by atoms with E-state index in [0.717, 1.165) is 10.1 Å². The van der Waals surface area contributed by atoms with Crippen molar-refractivity contribution in [2.45, 2.75) is 46.4 Å². The summed E-state index contributed by atoms with van der Waals surface area (Å²) in [4.78, 5) is 29.8. The van der Waals surface area contributed by atoms with Crippen LogP contribution in [0.3, 0.4) is 0 Å². The summed E-state index contributed by atoms with van der Waals surface area (Å²) in [5.41, 5.74) is 0.322. The summed E-state index contributed by atoms with van der Waals surface area (Å²) in [6.45, 7) is 7.55. The lowest BCUT2D eigenvalue weighted by Gasteiger charge is -2.18. The van der Waals surface area contributed by atoms with Crippen LogP contribution in [-0.2, 0) is 6.54 Å². The fourth-order valence-electron chi connectivity index (χ4n) is 3.02. The molecule has 2 aromatic carbocycles. The van der Waals surface area contributed by atoms with Crippen LogP contribution in [0.1, 0.15) is 39.3 Å². The number of rotatable bonds is 7. The van der Waals surface area contributed by atoms with Gasteiger partial charge in [0.1, 0.15) is 5.75 Å². The van der Waals surface area contributed by atoms with E-state index < -0.39 is 11.4 Å². The molecule has 1 N–H and O–H groups in total. The summed E-state index contributed by atoms with van der Waals surface area (Å²) >= 11 is 12.3. The van der Waals surface area contributed by atoms with Crippen molar-refractivity contribution in [1.82, 2.24) is 14.1 Å². The highest BCUT2D eigenvalue weighted by Crippen LogP contribution is 2.29. The van der Waals surface area contributed by atoms with E-state index in [9.17, 15) is 9.59 Å². The van der Waals surface area contributed by atoms with E-state index in [1.165, 1.54) is 4.57 Å². The predicted octanol–water partition coefficient (Wildman–Crippen LogP) is 4.87. The monoisotopic (exact) mass is 462 g/mol. The molecule has 0 bridgehead atoms. The molecule has 164 valence electrons. The molecule has 0 atom stereocenters. The van der Waals surface area contributed by atoms with Gasteiger partial charge in [-0.3, -0.25) is 4.57 Å². The van der Waals surface area contributed by atoms with Gasteiger partial charge in [-0.15, -0.1) is 0 Å². The molecule has 0 unspecified atom stereocenters. The summed E-state index contributed by atoms with van der Waals surface area (Å²) in [6.07, 6.45) is -0.0221. The van der Waals surface area contributed by atoms with Crippen LogP contribution < -0.4 is 21.4 Å². The molecule has 3 aromatic rings. The van der Waals surface area contributed by atoms with E-state index in [2.05, 4.69) is 10.3 Å². The molecule has 0 spiro atoms. The van der Waals surface area contributed by atoms with Crippen molar-refractivity contribution in [3.05, 3.63) is 79.0 Å². The molecular formula is C22H24Cl2N4O3. The number of nitrogens with zero attached hydrogens (tertiary/aromatic N) is 3. The number of halogens is 2. The quantitative estimate of drug-likeness (QED) is 0.541. The SMILES string of the molecule is CC(C)Oc1ccc(Nc2nc(=O)n(C(C)C)c(=O)n2Cc2ccc(Cl)cc2)cc1Cl. The van der Waals surface area contributed by atoms with Gasteiger partial charge in [-0.1, -0.05) is 35.3 Å². The minimum absolute atomic E-state index is 0.0221. The maximum atomic E-state index is 13.1. The summed E-state index contributed by atoms with van der Waals surface area (Å²) in [5.74, 6) is 0.666. The van der Waals surface area contributed by atoms with Gasteiger partial charge in [0.15, 0.2) is 0 Å². The summed E-state index contributed by atoms with van der Waals surface area (Å²) < 4.78 is 8.18. The molecule has 0 radical (unpaired) electrons. The number of benzene rings is 2. The number of hydrogen-bond acceptors (Lipinski definition) is 5. The molecule has 3 rings (SSSR count). The lowest BCUT2D eigenvalue weighted by molar-refractivity contribution is 0.242. The van der Waals surface area contributed by atoms with Crippen molar-refractivity contribution >= 4 is 34.8 Å². The molecule has 1 heterocycles. The number of hydrogen-bond donors (Lipinski definition) is 1. The second kappa shape index (κ2) is 9.58. The summed E-state index contributed by atoms with van der Waals surface area (Å²) in [7, 11) is 0. The minimum atomic E-state index is -0.624. The van der Waals surface area contributed by atoms with E-state index in [0.29, 0.717) is 21.5 Å². The average molecular weight is 463 g/mol. The number of aromatic nitrogens is 3. The molecule has 0 fully saturated rings. The first-order valence-electron chi connectivity index (χ1n) is 9.86. The van der Waals surface area contributed by atoms with E-state index in [4.69, 9.17) is 27.9 Å². The van der Waals surface area contributed by atoms with Crippen LogP contribution in [0.5, 0.6) is 5.75 Å². The van der Waals surface area contributed by atoms with Gasteiger partial charge in [0.2, 0.25) is 5.95 Å². The van der Waals surface area contributed by atoms with Gasteiger partial charge in [-0.05, 0) is 63.6 Å². The number of nitrogens with one attached hydrogen (secondary N) is 1. The summed E-state index contributed by atoms with van der Waals surface area (Å²) in [5, 5.41) is 4.04. The van der Waals surface area contributed by atoms with Crippen molar-refractivity contribution in [1.29, 1.82) is 0 Å². The van der Waals surface area contributed by atoms with Crippen molar-refractivity contribution in [3.63, 3.8) is 0 Å². The second-order valence-electron chi connectivity index (χ2n) is 7.61. The van der Waals surface area contributed by atoms with Crippen molar-refractivity contribution in [2.75, 3.05) is 5.32 Å². The lowest BCUT2D eigenvalue weighted by Crippen LogP contribution is -2.43. The molecule has 0 saturated heterocycles. The van der Waals surface area contributed by atoms with Crippen molar-refractivity contribution in [3.8, 4) is 5.75 Å². The van der Waals surface area contributed by atoms with Gasteiger partial charge in [-0.25, -0.2) is 14.2 Å². The van der Waals surface area contributed by atoms with Crippen LogP contribution in [0.2, 0.25) is 10.0 Å². The van der Waals surface area contributed by atoms with Crippen LogP contribution in [0.15, 0.2) is 52.1 Å². The molecule has 0 saturated carbocycles. The van der Waals surface area contributed by atoms with Crippen LogP contribution in [0, 0.1) is 0 Å². The first-order valence-corrected chi connectivity index (χ1v) is 10.6. The third-order valence-electron chi connectivity index (χ3n) is 4.42. The maximum absolute atomic E-state index is 13.1. The zero-order valence-electron chi connectivity index (χ0n) is 17.7. The second-order valence-corrected chi connectivity index (χ2v) is 8.46. The van der Waals surface area contributed by atoms with Gasteiger partial charge < -0.3 is 10.1 Å². The number of anilines is 2. The Labute approximate surface area is 190 Å². The van der Waals surface area contributed by atoms with Crippen LogP contribution >= 0.6 is 23.2 Å². The molecule has 0 aliphatic heterocycles. The molecule has 1 aromatic heterocycles. The standard InChI is InChI=1S/C22H24Cl2N4O3/c1-13(2)28-21(29)26-20(25-17-9-10-19(18(24)11-17)31-14(3)4)27(22(28)30)12-15-5-7-16(23)8-6-15/h5-11,13-14H,12H2,1-4H3,(H,25,26,29). The Morgan fingerprint density at radius 2 is 1.71 bits per heavy atom. The van der Waals surface area contributed by atoms with E-state index >= 15 is 0 Å². The first kappa shape index (κ1) is 22.9. The molecule has 0 aliphatic carbocycles. The highest BCUT2D eigenvalue weighted by molar-refractivity contribution is 6.32. The zero-order chi connectivity index (χ0) is 22.7. The molecule has 0 amide bonds. The van der Waals surface area contributed by atoms with E-state index in [1.54, 1.807) is 44.2 Å². The van der Waals surface area contributed by atoms with Crippen molar-refractivity contribution in [2.24, 2.45) is 0 Å². The third-order valence-corrected chi connectivity index (χ3v) is 4.97. The van der Waals surface area contributed by atoms with Gasteiger partial charge in [0.25, 0.3) is 0 Å². The van der Waals surface area contributed by atoms with Gasteiger partial charge >= 0.3 is 11.4 Å². The van der Waals surface area contributed by atoms with E-state index in [1.807, 2.05) is 26.0 Å². The molecule has 0 aliphatic rings. The Morgan fingerprint density at radius 3 is 2.29 bits per heavy atom. The topological polar surface area (TPSA) is 78.2 Å². The van der Waals surface area contributed by atoms with Crippen LogP contribution in [-0.4, -0.2) is 20.2 Å². The zero-order valence-corrected chi connectivity index (χ0v) is 19.2. The summed E-state index contributed by atoms with van der Waals surface area (Å²) in [6, 6.07) is 11.9. The van der Waals surface area contributed by atoms with E-state index in [-0.39, 0.29) is 24.6 Å². The Kier molecular flexibility index (Phi) is 7.08. The fraction of sp³-hybridized carbons (Fsp3) is 0.318. The average Bonchev–Trinajstić information content (AvgIpc) is 2.68. The Hall–Kier alpha value is -2.77. The first-order chi connectivity index (χ1) is 14.7. The molecule has 7 nitrogen and oxygen atoms in total. The van der Waals surface area contributed by atoms with Gasteiger partial charge in [0.05, 0.1) is 17.7 Å². The number of ether oxygens (including phenoxy) is 1. The smallest absolute Gasteiger partial charge is 0.355 e. The van der Waals surface area contributed by atoms with Crippen LogP contribution in [0.4, 0.5) is 11.6 Å². The highest BCUT2D eigenvalue weighted by atomic mass is 35.5. The van der Waals surface area contributed by atoms with Gasteiger partial charge in [-0.2, -0.15) is 4.98 Å². The van der Waals surface area contributed by atoms with Crippen LogP contribution in [0.25, 0.3) is 0 Å². The fourth-order valence-corrected chi connectivity index (χ4v) is 3.37. The minimum Gasteiger partial charge on any atom is -0.489 e. The normalized spacial score (nSPS) is 11.2. The maximum Gasteiger partial charge on any atom is 0.355 e. The Morgan fingerprint density at radius 1 is 1.03 bits per heavy atom. The Bertz CT molecular complexity index is 1180. The Balaban J connectivity index is 2.04. The highest BCUT2D eigenvalue weighted by Gasteiger charge is 2.16. The van der Waals surface area contributed by atoms with Crippen molar-refractivity contribution < 1.29 is 4.74 Å². The predicted molar refractivity (Wildman–Crippen MR) is 124 cm³/mol. The molecule has 9 heteroatoms. The lowest BCUT2D eigenvalue weighted by atomic mass is 10.2. The third kappa shape index (κ3) is 5.48. The molecule has 31 heavy (non-hydrogen) atoms.